The Morgan fingerprint density at radius 3 is 2.80 bits per heavy atom. The van der Waals surface area contributed by atoms with Gasteiger partial charge in [0.1, 0.15) is 6.07 Å². The molecule has 0 N–H and O–H groups in total. The number of halogens is 2. The van der Waals surface area contributed by atoms with Crippen LogP contribution >= 0.6 is 27.3 Å². The number of anilines is 1. The van der Waals surface area contributed by atoms with E-state index in [0.717, 1.165) is 12.8 Å². The van der Waals surface area contributed by atoms with Gasteiger partial charge in [-0.3, -0.25) is 0 Å². The first-order valence-corrected chi connectivity index (χ1v) is 8.10. The Labute approximate surface area is 129 Å². The maximum absolute atomic E-state index is 14.5. The molecule has 5 heteroatoms. The lowest BCUT2D eigenvalue weighted by atomic mass is 10.2. The number of thiophene rings is 1. The SMILES string of the molecule is N#Cc1ccc(N(Cc2ccsc2)C2CC2)c(F)c1Br. The summed E-state index contributed by atoms with van der Waals surface area (Å²) in [4.78, 5) is 2.10. The summed E-state index contributed by atoms with van der Waals surface area (Å²) in [5.41, 5.74) is 2.10. The summed E-state index contributed by atoms with van der Waals surface area (Å²) < 4.78 is 14.7. The van der Waals surface area contributed by atoms with E-state index < -0.39 is 0 Å². The lowest BCUT2D eigenvalue weighted by molar-refractivity contribution is 0.608. The standard InChI is InChI=1S/C15H12BrFN2S/c16-14-11(7-18)1-4-13(15(14)17)19(12-2-3-12)8-10-5-6-20-9-10/h1,4-6,9,12H,2-3,8H2. The molecule has 1 aromatic heterocycles. The first-order chi connectivity index (χ1) is 9.70. The Bertz CT molecular complexity index is 659. The minimum atomic E-state index is -0.342. The number of hydrogen-bond donors (Lipinski definition) is 0. The van der Waals surface area contributed by atoms with Crippen LogP contribution in [-0.2, 0) is 6.54 Å². The quantitative estimate of drug-likeness (QED) is 0.799. The van der Waals surface area contributed by atoms with Crippen LogP contribution in [0.25, 0.3) is 0 Å². The molecule has 2 nitrogen and oxygen atoms in total. The number of rotatable bonds is 4. The molecule has 1 heterocycles. The second-order valence-corrected chi connectivity index (χ2v) is 6.44. The van der Waals surface area contributed by atoms with Crippen molar-refractivity contribution in [3.63, 3.8) is 0 Å². The molecule has 3 rings (SSSR count). The maximum atomic E-state index is 14.5. The molecule has 1 aliphatic carbocycles. The molecule has 0 atom stereocenters. The summed E-state index contributed by atoms with van der Waals surface area (Å²) in [5, 5.41) is 13.1. The largest absolute Gasteiger partial charge is 0.362 e. The van der Waals surface area contributed by atoms with Gasteiger partial charge in [0, 0.05) is 12.6 Å². The Morgan fingerprint density at radius 2 is 2.20 bits per heavy atom. The van der Waals surface area contributed by atoms with E-state index in [1.807, 2.05) is 11.4 Å². The third-order valence-corrected chi connectivity index (χ3v) is 4.92. The van der Waals surface area contributed by atoms with Crippen molar-refractivity contribution in [3.05, 3.63) is 50.4 Å². The van der Waals surface area contributed by atoms with Crippen molar-refractivity contribution < 1.29 is 4.39 Å². The average molecular weight is 351 g/mol. The van der Waals surface area contributed by atoms with Gasteiger partial charge in [-0.05, 0) is 63.3 Å². The summed E-state index contributed by atoms with van der Waals surface area (Å²) in [6.45, 7) is 0.712. The van der Waals surface area contributed by atoms with Crippen molar-refractivity contribution in [2.75, 3.05) is 4.90 Å². The van der Waals surface area contributed by atoms with Crippen molar-refractivity contribution in [2.24, 2.45) is 0 Å². The molecule has 102 valence electrons. The van der Waals surface area contributed by atoms with E-state index in [1.54, 1.807) is 23.5 Å². The summed E-state index contributed by atoms with van der Waals surface area (Å²) in [6.07, 6.45) is 2.20. The van der Waals surface area contributed by atoms with Crippen molar-refractivity contribution in [1.82, 2.24) is 0 Å². The van der Waals surface area contributed by atoms with Crippen LogP contribution in [0.2, 0.25) is 0 Å². The molecule has 0 amide bonds. The number of hydrogen-bond acceptors (Lipinski definition) is 3. The molecule has 1 fully saturated rings. The fourth-order valence-electron chi connectivity index (χ4n) is 2.22. The van der Waals surface area contributed by atoms with E-state index >= 15 is 0 Å². The van der Waals surface area contributed by atoms with Gasteiger partial charge in [-0.25, -0.2) is 4.39 Å². The average Bonchev–Trinajstić information content (AvgIpc) is 3.17. The van der Waals surface area contributed by atoms with Gasteiger partial charge in [0.25, 0.3) is 0 Å². The molecule has 0 radical (unpaired) electrons. The summed E-state index contributed by atoms with van der Waals surface area (Å²) >= 11 is 4.83. The van der Waals surface area contributed by atoms with E-state index in [9.17, 15) is 4.39 Å². The topological polar surface area (TPSA) is 27.0 Å². The van der Waals surface area contributed by atoms with Gasteiger partial charge in [-0.15, -0.1) is 0 Å². The summed E-state index contributed by atoms with van der Waals surface area (Å²) in [5.74, 6) is -0.342. The molecule has 1 aromatic carbocycles. The van der Waals surface area contributed by atoms with Gasteiger partial charge in [-0.2, -0.15) is 16.6 Å². The molecule has 0 saturated heterocycles. The Balaban J connectivity index is 1.96. The van der Waals surface area contributed by atoms with E-state index in [-0.39, 0.29) is 10.3 Å². The number of nitrogens with zero attached hydrogens (tertiary/aromatic N) is 2. The lowest BCUT2D eigenvalue weighted by Crippen LogP contribution is -2.26. The summed E-state index contributed by atoms with van der Waals surface area (Å²) in [7, 11) is 0. The molecular formula is C15H12BrFN2S. The molecule has 0 unspecified atom stereocenters. The van der Waals surface area contributed by atoms with Crippen molar-refractivity contribution >= 4 is 33.0 Å². The van der Waals surface area contributed by atoms with E-state index in [4.69, 9.17) is 5.26 Å². The highest BCUT2D eigenvalue weighted by Crippen LogP contribution is 2.37. The minimum absolute atomic E-state index is 0.258. The number of benzene rings is 1. The predicted molar refractivity (Wildman–Crippen MR) is 82.3 cm³/mol. The Hall–Kier alpha value is -1.38. The second-order valence-electron chi connectivity index (χ2n) is 4.86. The van der Waals surface area contributed by atoms with Crippen molar-refractivity contribution in [2.45, 2.75) is 25.4 Å². The van der Waals surface area contributed by atoms with Crippen LogP contribution in [0.1, 0.15) is 24.0 Å². The smallest absolute Gasteiger partial charge is 0.162 e. The molecule has 1 aliphatic rings. The summed E-state index contributed by atoms with van der Waals surface area (Å²) in [6, 6.07) is 7.85. The molecule has 1 saturated carbocycles. The van der Waals surface area contributed by atoms with Gasteiger partial charge < -0.3 is 4.90 Å². The van der Waals surface area contributed by atoms with Crippen LogP contribution in [0.15, 0.2) is 33.4 Å². The van der Waals surface area contributed by atoms with E-state index in [0.29, 0.717) is 23.8 Å². The first-order valence-electron chi connectivity index (χ1n) is 6.36. The molecule has 0 spiro atoms. The van der Waals surface area contributed by atoms with Crippen LogP contribution < -0.4 is 4.90 Å². The molecule has 2 aromatic rings. The minimum Gasteiger partial charge on any atom is -0.362 e. The highest BCUT2D eigenvalue weighted by atomic mass is 79.9. The molecular weight excluding hydrogens is 339 g/mol. The van der Waals surface area contributed by atoms with Crippen molar-refractivity contribution in [3.8, 4) is 6.07 Å². The molecule has 20 heavy (non-hydrogen) atoms. The highest BCUT2D eigenvalue weighted by molar-refractivity contribution is 9.10. The van der Waals surface area contributed by atoms with Crippen LogP contribution in [0, 0.1) is 17.1 Å². The first kappa shape index (κ1) is 13.6. The van der Waals surface area contributed by atoms with Crippen LogP contribution in [0.4, 0.5) is 10.1 Å². The zero-order chi connectivity index (χ0) is 14.1. The van der Waals surface area contributed by atoms with Gasteiger partial charge in [0.05, 0.1) is 15.7 Å². The van der Waals surface area contributed by atoms with Crippen LogP contribution in [0.5, 0.6) is 0 Å². The number of nitriles is 1. The lowest BCUT2D eigenvalue weighted by Gasteiger charge is -2.25. The highest BCUT2D eigenvalue weighted by Gasteiger charge is 2.31. The van der Waals surface area contributed by atoms with Gasteiger partial charge >= 0.3 is 0 Å². The fourth-order valence-corrected chi connectivity index (χ4v) is 3.31. The fraction of sp³-hybridized carbons (Fsp3) is 0.267. The molecule has 0 aliphatic heterocycles. The predicted octanol–water partition coefficient (Wildman–Crippen LogP) is 4.69. The zero-order valence-corrected chi connectivity index (χ0v) is 13.0. The van der Waals surface area contributed by atoms with E-state index in [1.165, 1.54) is 5.56 Å². The maximum Gasteiger partial charge on any atom is 0.162 e. The Kier molecular flexibility index (Phi) is 3.77. The second kappa shape index (κ2) is 5.55. The van der Waals surface area contributed by atoms with Crippen LogP contribution in [0.3, 0.4) is 0 Å². The van der Waals surface area contributed by atoms with Crippen LogP contribution in [-0.4, -0.2) is 6.04 Å². The monoisotopic (exact) mass is 350 g/mol. The van der Waals surface area contributed by atoms with Gasteiger partial charge in [0.2, 0.25) is 0 Å². The third-order valence-electron chi connectivity index (χ3n) is 3.41. The van der Waals surface area contributed by atoms with Crippen molar-refractivity contribution in [1.29, 1.82) is 5.26 Å². The Morgan fingerprint density at radius 1 is 1.40 bits per heavy atom. The van der Waals surface area contributed by atoms with E-state index in [2.05, 4.69) is 32.3 Å². The normalized spacial score (nSPS) is 14.1. The molecule has 0 bridgehead atoms. The zero-order valence-electron chi connectivity index (χ0n) is 10.6. The van der Waals surface area contributed by atoms with Gasteiger partial charge in [-0.1, -0.05) is 0 Å². The third kappa shape index (κ3) is 2.58. The van der Waals surface area contributed by atoms with Gasteiger partial charge in [0.15, 0.2) is 5.82 Å².